The fraction of sp³-hybridized carbons (Fsp3) is 0.615. The van der Waals surface area contributed by atoms with Crippen LogP contribution >= 0.6 is 11.6 Å². The molecule has 1 unspecified atom stereocenters. The van der Waals surface area contributed by atoms with Crippen LogP contribution in [-0.2, 0) is 6.54 Å². The number of hydrogen-bond donors (Lipinski definition) is 1. The standard InChI is InChI=1S/C13H19ClN2O/c1-13(17)4-2-7-16(8-5-13)10-11-3-6-15-9-12(11)14/h3,6,9,17H,2,4-5,7-8,10H2,1H3. The maximum atomic E-state index is 10.0. The van der Waals surface area contributed by atoms with Crippen molar-refractivity contribution >= 4 is 11.6 Å². The molecule has 3 nitrogen and oxygen atoms in total. The summed E-state index contributed by atoms with van der Waals surface area (Å²) in [6.45, 7) is 4.72. The number of aliphatic hydroxyl groups is 1. The van der Waals surface area contributed by atoms with E-state index >= 15 is 0 Å². The van der Waals surface area contributed by atoms with Crippen molar-refractivity contribution in [3.05, 3.63) is 29.0 Å². The first kappa shape index (κ1) is 12.8. The van der Waals surface area contributed by atoms with Crippen LogP contribution in [0.15, 0.2) is 18.5 Å². The number of pyridine rings is 1. The molecule has 2 rings (SSSR count). The lowest BCUT2D eigenvalue weighted by atomic mass is 9.98. The minimum atomic E-state index is -0.503. The number of hydrogen-bond acceptors (Lipinski definition) is 3. The summed E-state index contributed by atoms with van der Waals surface area (Å²) in [6, 6.07) is 1.96. The van der Waals surface area contributed by atoms with Crippen molar-refractivity contribution < 1.29 is 5.11 Å². The molecule has 0 aliphatic carbocycles. The van der Waals surface area contributed by atoms with E-state index in [1.165, 1.54) is 0 Å². The predicted molar refractivity (Wildman–Crippen MR) is 69.0 cm³/mol. The predicted octanol–water partition coefficient (Wildman–Crippen LogP) is 2.47. The van der Waals surface area contributed by atoms with Crippen molar-refractivity contribution in [2.45, 2.75) is 38.3 Å². The molecule has 1 aliphatic rings. The van der Waals surface area contributed by atoms with E-state index in [1.807, 2.05) is 13.0 Å². The number of aromatic nitrogens is 1. The van der Waals surface area contributed by atoms with E-state index in [1.54, 1.807) is 12.4 Å². The quantitative estimate of drug-likeness (QED) is 0.881. The van der Waals surface area contributed by atoms with Gasteiger partial charge in [0.05, 0.1) is 10.6 Å². The number of likely N-dealkylation sites (tertiary alicyclic amines) is 1. The van der Waals surface area contributed by atoms with Gasteiger partial charge in [-0.2, -0.15) is 0 Å². The third kappa shape index (κ3) is 3.66. The Kier molecular flexibility index (Phi) is 4.02. The largest absolute Gasteiger partial charge is 0.390 e. The smallest absolute Gasteiger partial charge is 0.0634 e. The summed E-state index contributed by atoms with van der Waals surface area (Å²) in [5, 5.41) is 10.8. The van der Waals surface area contributed by atoms with Gasteiger partial charge in [0.15, 0.2) is 0 Å². The maximum Gasteiger partial charge on any atom is 0.0634 e. The minimum Gasteiger partial charge on any atom is -0.390 e. The van der Waals surface area contributed by atoms with Gasteiger partial charge in [0, 0.05) is 25.5 Å². The average Bonchev–Trinajstić information content (AvgIpc) is 2.44. The zero-order valence-corrected chi connectivity index (χ0v) is 11.0. The SMILES string of the molecule is CC1(O)CCCN(Cc2ccncc2Cl)CC1. The Hall–Kier alpha value is -0.640. The minimum absolute atomic E-state index is 0.503. The molecule has 4 heteroatoms. The molecule has 0 radical (unpaired) electrons. The zero-order valence-electron chi connectivity index (χ0n) is 10.2. The van der Waals surface area contributed by atoms with E-state index in [-0.39, 0.29) is 0 Å². The molecule has 1 atom stereocenters. The van der Waals surface area contributed by atoms with Crippen LogP contribution in [0.1, 0.15) is 31.7 Å². The number of halogens is 1. The average molecular weight is 255 g/mol. The molecular weight excluding hydrogens is 236 g/mol. The highest BCUT2D eigenvalue weighted by Gasteiger charge is 2.24. The molecule has 1 aromatic heterocycles. The summed E-state index contributed by atoms with van der Waals surface area (Å²) < 4.78 is 0. The van der Waals surface area contributed by atoms with Crippen LogP contribution in [0.3, 0.4) is 0 Å². The van der Waals surface area contributed by atoms with Crippen LogP contribution in [0.4, 0.5) is 0 Å². The van der Waals surface area contributed by atoms with Gasteiger partial charge in [0.1, 0.15) is 0 Å². The van der Waals surface area contributed by atoms with Crippen molar-refractivity contribution in [1.29, 1.82) is 0 Å². The van der Waals surface area contributed by atoms with Gasteiger partial charge in [-0.25, -0.2) is 0 Å². The summed E-state index contributed by atoms with van der Waals surface area (Å²) in [5.41, 5.74) is 0.611. The van der Waals surface area contributed by atoms with Crippen molar-refractivity contribution in [3.8, 4) is 0 Å². The van der Waals surface area contributed by atoms with Gasteiger partial charge < -0.3 is 5.11 Å². The highest BCUT2D eigenvalue weighted by molar-refractivity contribution is 6.31. The lowest BCUT2D eigenvalue weighted by Gasteiger charge is -2.22. The van der Waals surface area contributed by atoms with Crippen molar-refractivity contribution in [2.75, 3.05) is 13.1 Å². The number of nitrogens with zero attached hydrogens (tertiary/aromatic N) is 2. The highest BCUT2D eigenvalue weighted by atomic mass is 35.5. The van der Waals surface area contributed by atoms with Gasteiger partial charge in [-0.05, 0) is 44.4 Å². The van der Waals surface area contributed by atoms with Gasteiger partial charge in [0.2, 0.25) is 0 Å². The normalized spacial score (nSPS) is 26.8. The first-order valence-electron chi connectivity index (χ1n) is 6.10. The molecule has 0 spiro atoms. The summed E-state index contributed by atoms with van der Waals surface area (Å²) in [5.74, 6) is 0. The van der Waals surface area contributed by atoms with Crippen LogP contribution in [0, 0.1) is 0 Å². The van der Waals surface area contributed by atoms with E-state index in [2.05, 4.69) is 9.88 Å². The third-order valence-electron chi connectivity index (χ3n) is 3.41. The van der Waals surface area contributed by atoms with Gasteiger partial charge in [0.25, 0.3) is 0 Å². The molecule has 0 amide bonds. The zero-order chi connectivity index (χ0) is 12.3. The first-order valence-corrected chi connectivity index (χ1v) is 6.48. The lowest BCUT2D eigenvalue weighted by molar-refractivity contribution is 0.0444. The molecule has 2 heterocycles. The van der Waals surface area contributed by atoms with Crippen LogP contribution in [0.5, 0.6) is 0 Å². The van der Waals surface area contributed by atoms with Crippen molar-refractivity contribution in [3.63, 3.8) is 0 Å². The van der Waals surface area contributed by atoms with E-state index in [4.69, 9.17) is 11.6 Å². The molecule has 0 saturated carbocycles. The lowest BCUT2D eigenvalue weighted by Crippen LogP contribution is -2.28. The van der Waals surface area contributed by atoms with Gasteiger partial charge in [-0.1, -0.05) is 11.6 Å². The Balaban J connectivity index is 1.98. The first-order chi connectivity index (χ1) is 8.07. The molecule has 1 fully saturated rings. The van der Waals surface area contributed by atoms with E-state index < -0.39 is 5.60 Å². The van der Waals surface area contributed by atoms with Gasteiger partial charge in [-0.15, -0.1) is 0 Å². The Morgan fingerprint density at radius 1 is 1.47 bits per heavy atom. The molecule has 1 aromatic rings. The van der Waals surface area contributed by atoms with Crippen LogP contribution < -0.4 is 0 Å². The molecule has 0 bridgehead atoms. The fourth-order valence-electron chi connectivity index (χ4n) is 2.25. The van der Waals surface area contributed by atoms with Crippen molar-refractivity contribution in [2.24, 2.45) is 0 Å². The molecular formula is C13H19ClN2O. The van der Waals surface area contributed by atoms with E-state index in [0.29, 0.717) is 0 Å². The molecule has 1 aliphatic heterocycles. The molecule has 0 aromatic carbocycles. The summed E-state index contributed by atoms with van der Waals surface area (Å²) in [6.07, 6.45) is 6.21. The van der Waals surface area contributed by atoms with Gasteiger partial charge >= 0.3 is 0 Å². The van der Waals surface area contributed by atoms with E-state index in [9.17, 15) is 5.11 Å². The number of rotatable bonds is 2. The Bertz CT molecular complexity index is 381. The topological polar surface area (TPSA) is 36.4 Å². The fourth-order valence-corrected chi connectivity index (χ4v) is 2.43. The van der Waals surface area contributed by atoms with Crippen LogP contribution in [-0.4, -0.2) is 33.7 Å². The molecule has 17 heavy (non-hydrogen) atoms. The maximum absolute atomic E-state index is 10.0. The molecule has 1 N–H and O–H groups in total. The second kappa shape index (κ2) is 5.34. The highest BCUT2D eigenvalue weighted by Crippen LogP contribution is 2.23. The summed E-state index contributed by atoms with van der Waals surface area (Å²) in [4.78, 5) is 6.34. The second-order valence-electron chi connectivity index (χ2n) is 5.09. The Labute approximate surface area is 107 Å². The van der Waals surface area contributed by atoms with Crippen LogP contribution in [0.2, 0.25) is 5.02 Å². The Morgan fingerprint density at radius 2 is 2.29 bits per heavy atom. The summed E-state index contributed by atoms with van der Waals surface area (Å²) >= 11 is 6.10. The van der Waals surface area contributed by atoms with Gasteiger partial charge in [-0.3, -0.25) is 9.88 Å². The second-order valence-corrected chi connectivity index (χ2v) is 5.50. The Morgan fingerprint density at radius 3 is 3.06 bits per heavy atom. The summed E-state index contributed by atoms with van der Waals surface area (Å²) in [7, 11) is 0. The molecule has 94 valence electrons. The van der Waals surface area contributed by atoms with Crippen molar-refractivity contribution in [1.82, 2.24) is 9.88 Å². The van der Waals surface area contributed by atoms with Crippen LogP contribution in [0.25, 0.3) is 0 Å². The monoisotopic (exact) mass is 254 g/mol. The molecule has 1 saturated heterocycles. The van der Waals surface area contributed by atoms with E-state index in [0.717, 1.165) is 49.5 Å². The third-order valence-corrected chi connectivity index (χ3v) is 3.75.